The summed E-state index contributed by atoms with van der Waals surface area (Å²) < 4.78 is 6.71. The minimum absolute atomic E-state index is 0.0526. The smallest absolute Gasteiger partial charge is 0.120 e. The number of hydrogen-bond acceptors (Lipinski definition) is 2. The molecule has 0 aliphatic heterocycles. The molecule has 1 aliphatic carbocycles. The Labute approximate surface area is 98.9 Å². The van der Waals surface area contributed by atoms with Crippen LogP contribution in [-0.4, -0.2) is 6.61 Å². The van der Waals surface area contributed by atoms with Crippen molar-refractivity contribution < 1.29 is 4.74 Å². The SMILES string of the molecule is C[C@@H](N)c1ccc(OCC2CC2)cc1Br. The summed E-state index contributed by atoms with van der Waals surface area (Å²) in [5, 5.41) is 0. The van der Waals surface area contributed by atoms with Gasteiger partial charge in [0.05, 0.1) is 6.61 Å². The van der Waals surface area contributed by atoms with Gasteiger partial charge in [0, 0.05) is 10.5 Å². The highest BCUT2D eigenvalue weighted by Crippen LogP contribution is 2.31. The Morgan fingerprint density at radius 3 is 2.80 bits per heavy atom. The highest BCUT2D eigenvalue weighted by Gasteiger charge is 2.21. The normalized spacial score (nSPS) is 17.5. The van der Waals surface area contributed by atoms with E-state index in [-0.39, 0.29) is 6.04 Å². The van der Waals surface area contributed by atoms with Gasteiger partial charge in [0.1, 0.15) is 5.75 Å². The fourth-order valence-corrected chi connectivity index (χ4v) is 2.18. The van der Waals surface area contributed by atoms with Gasteiger partial charge in [-0.25, -0.2) is 0 Å². The Morgan fingerprint density at radius 2 is 2.27 bits per heavy atom. The molecule has 0 heterocycles. The van der Waals surface area contributed by atoms with Crippen molar-refractivity contribution in [3.63, 3.8) is 0 Å². The van der Waals surface area contributed by atoms with Crippen LogP contribution in [0, 0.1) is 5.92 Å². The van der Waals surface area contributed by atoms with Crippen LogP contribution >= 0.6 is 15.9 Å². The summed E-state index contributed by atoms with van der Waals surface area (Å²) in [6.45, 7) is 2.83. The van der Waals surface area contributed by atoms with E-state index in [9.17, 15) is 0 Å². The van der Waals surface area contributed by atoms with Crippen LogP contribution in [0.3, 0.4) is 0 Å². The molecule has 2 nitrogen and oxygen atoms in total. The first-order valence-corrected chi connectivity index (χ1v) is 6.14. The average molecular weight is 270 g/mol. The van der Waals surface area contributed by atoms with Gasteiger partial charge in [-0.1, -0.05) is 22.0 Å². The molecule has 0 aromatic heterocycles. The molecule has 1 fully saturated rings. The lowest BCUT2D eigenvalue weighted by Crippen LogP contribution is -2.06. The molecule has 82 valence electrons. The van der Waals surface area contributed by atoms with Crippen molar-refractivity contribution in [1.82, 2.24) is 0 Å². The second-order valence-corrected chi connectivity index (χ2v) is 5.08. The first-order valence-electron chi connectivity index (χ1n) is 5.34. The topological polar surface area (TPSA) is 35.2 Å². The van der Waals surface area contributed by atoms with Crippen LogP contribution in [0.5, 0.6) is 5.75 Å². The first-order chi connectivity index (χ1) is 7.16. The fourth-order valence-electron chi connectivity index (χ4n) is 1.47. The van der Waals surface area contributed by atoms with Crippen LogP contribution in [0.4, 0.5) is 0 Å². The minimum atomic E-state index is 0.0526. The van der Waals surface area contributed by atoms with E-state index in [0.717, 1.165) is 28.3 Å². The van der Waals surface area contributed by atoms with E-state index in [1.807, 2.05) is 25.1 Å². The molecule has 0 spiro atoms. The quantitative estimate of drug-likeness (QED) is 0.911. The van der Waals surface area contributed by atoms with E-state index in [1.165, 1.54) is 12.8 Å². The molecule has 0 unspecified atom stereocenters. The predicted molar refractivity (Wildman–Crippen MR) is 65.0 cm³/mol. The molecular formula is C12H16BrNO. The summed E-state index contributed by atoms with van der Waals surface area (Å²) in [6, 6.07) is 6.07. The Morgan fingerprint density at radius 1 is 1.53 bits per heavy atom. The zero-order chi connectivity index (χ0) is 10.8. The third-order valence-corrected chi connectivity index (χ3v) is 3.33. The second kappa shape index (κ2) is 4.54. The lowest BCUT2D eigenvalue weighted by molar-refractivity contribution is 0.299. The van der Waals surface area contributed by atoms with Crippen LogP contribution in [0.1, 0.15) is 31.4 Å². The molecule has 0 saturated heterocycles. The number of halogens is 1. The molecule has 1 aliphatic rings. The number of hydrogen-bond donors (Lipinski definition) is 1. The van der Waals surface area contributed by atoms with E-state index < -0.39 is 0 Å². The van der Waals surface area contributed by atoms with Gasteiger partial charge in [-0.2, -0.15) is 0 Å². The van der Waals surface area contributed by atoms with Crippen molar-refractivity contribution in [3.05, 3.63) is 28.2 Å². The maximum atomic E-state index is 5.83. The third kappa shape index (κ3) is 2.95. The van der Waals surface area contributed by atoms with Crippen LogP contribution in [0.2, 0.25) is 0 Å². The van der Waals surface area contributed by atoms with Crippen LogP contribution in [-0.2, 0) is 0 Å². The van der Waals surface area contributed by atoms with Gasteiger partial charge in [-0.15, -0.1) is 0 Å². The lowest BCUT2D eigenvalue weighted by atomic mass is 10.1. The van der Waals surface area contributed by atoms with Crippen LogP contribution < -0.4 is 10.5 Å². The monoisotopic (exact) mass is 269 g/mol. The second-order valence-electron chi connectivity index (χ2n) is 4.23. The summed E-state index contributed by atoms with van der Waals surface area (Å²) in [7, 11) is 0. The third-order valence-electron chi connectivity index (χ3n) is 2.65. The Kier molecular flexibility index (Phi) is 3.32. The number of benzene rings is 1. The van der Waals surface area contributed by atoms with E-state index in [4.69, 9.17) is 10.5 Å². The molecule has 1 saturated carbocycles. The van der Waals surface area contributed by atoms with E-state index >= 15 is 0 Å². The predicted octanol–water partition coefficient (Wildman–Crippen LogP) is 3.26. The standard InChI is InChI=1S/C12H16BrNO/c1-8(14)11-5-4-10(6-12(11)13)15-7-9-2-3-9/h4-6,8-9H,2-3,7,14H2,1H3/t8-/m1/s1. The average Bonchev–Trinajstić information content (AvgIpc) is 2.97. The van der Waals surface area contributed by atoms with Crippen molar-refractivity contribution in [2.45, 2.75) is 25.8 Å². The lowest BCUT2D eigenvalue weighted by Gasteiger charge is -2.11. The summed E-state index contributed by atoms with van der Waals surface area (Å²) in [5.74, 6) is 1.72. The van der Waals surface area contributed by atoms with Crippen molar-refractivity contribution >= 4 is 15.9 Å². The molecule has 0 radical (unpaired) electrons. The van der Waals surface area contributed by atoms with Crippen molar-refractivity contribution in [2.24, 2.45) is 11.7 Å². The molecule has 0 bridgehead atoms. The Balaban J connectivity index is 2.03. The largest absolute Gasteiger partial charge is 0.493 e. The zero-order valence-electron chi connectivity index (χ0n) is 8.87. The van der Waals surface area contributed by atoms with Gasteiger partial charge in [-0.3, -0.25) is 0 Å². The van der Waals surface area contributed by atoms with Crippen molar-refractivity contribution in [3.8, 4) is 5.75 Å². The highest BCUT2D eigenvalue weighted by molar-refractivity contribution is 9.10. The minimum Gasteiger partial charge on any atom is -0.493 e. The van der Waals surface area contributed by atoms with Gasteiger partial charge in [-0.05, 0) is 43.4 Å². The van der Waals surface area contributed by atoms with Gasteiger partial charge < -0.3 is 10.5 Å². The molecule has 2 rings (SSSR count). The molecule has 1 aromatic rings. The summed E-state index contributed by atoms with van der Waals surface area (Å²) in [4.78, 5) is 0. The van der Waals surface area contributed by atoms with E-state index in [0.29, 0.717) is 0 Å². The summed E-state index contributed by atoms with van der Waals surface area (Å²) in [6.07, 6.45) is 2.64. The number of ether oxygens (including phenoxy) is 1. The van der Waals surface area contributed by atoms with Crippen molar-refractivity contribution in [1.29, 1.82) is 0 Å². The maximum Gasteiger partial charge on any atom is 0.120 e. The van der Waals surface area contributed by atoms with E-state index in [2.05, 4.69) is 15.9 Å². The van der Waals surface area contributed by atoms with E-state index in [1.54, 1.807) is 0 Å². The highest BCUT2D eigenvalue weighted by atomic mass is 79.9. The fraction of sp³-hybridized carbons (Fsp3) is 0.500. The van der Waals surface area contributed by atoms with Gasteiger partial charge in [0.2, 0.25) is 0 Å². The van der Waals surface area contributed by atoms with Crippen LogP contribution in [0.15, 0.2) is 22.7 Å². The maximum absolute atomic E-state index is 5.83. The first kappa shape index (κ1) is 11.0. The summed E-state index contributed by atoms with van der Waals surface area (Å²) in [5.41, 5.74) is 6.95. The van der Waals surface area contributed by atoms with Gasteiger partial charge in [0.15, 0.2) is 0 Å². The number of nitrogens with two attached hydrogens (primary N) is 1. The number of rotatable bonds is 4. The van der Waals surface area contributed by atoms with Gasteiger partial charge in [0.25, 0.3) is 0 Å². The molecule has 1 aromatic carbocycles. The van der Waals surface area contributed by atoms with Crippen molar-refractivity contribution in [2.75, 3.05) is 6.61 Å². The Bertz CT molecular complexity index is 347. The zero-order valence-corrected chi connectivity index (χ0v) is 10.5. The molecule has 15 heavy (non-hydrogen) atoms. The Hall–Kier alpha value is -0.540. The molecular weight excluding hydrogens is 254 g/mol. The molecule has 3 heteroatoms. The van der Waals surface area contributed by atoms with Gasteiger partial charge >= 0.3 is 0 Å². The molecule has 1 atom stereocenters. The molecule has 0 amide bonds. The summed E-state index contributed by atoms with van der Waals surface area (Å²) >= 11 is 3.51. The molecule has 2 N–H and O–H groups in total. The van der Waals surface area contributed by atoms with Crippen LogP contribution in [0.25, 0.3) is 0 Å².